The molecule has 4 rings (SSSR count). The number of nitrogens with one attached hydrogen (secondary N) is 1. The van der Waals surface area contributed by atoms with Gasteiger partial charge in [0.2, 0.25) is 11.6 Å². The minimum absolute atomic E-state index is 0.0963. The van der Waals surface area contributed by atoms with E-state index in [0.29, 0.717) is 22.3 Å². The summed E-state index contributed by atoms with van der Waals surface area (Å²) in [6.07, 6.45) is 2.96. The van der Waals surface area contributed by atoms with Gasteiger partial charge in [0.1, 0.15) is 5.82 Å². The minimum atomic E-state index is -0.238. The molecule has 0 aliphatic rings. The highest BCUT2D eigenvalue weighted by Gasteiger charge is 2.19. The first-order valence-electron chi connectivity index (χ1n) is 8.43. The number of nitrogens with two attached hydrogens (primary N) is 1. The van der Waals surface area contributed by atoms with Gasteiger partial charge >= 0.3 is 0 Å². The maximum atomic E-state index is 7.32. The standard InChI is InChI=1S/C19H15ClN8/c1-11(25-18-14(22-2)9-24-19(21)26-18)13-8-16-23-10-15(20)28(16)27-17(13)12-6-4-3-5-7-12/h3-11H,1H3,(H3,21,24,25,26)/t11-/m0/s1. The molecule has 8 nitrogen and oxygen atoms in total. The van der Waals surface area contributed by atoms with E-state index in [4.69, 9.17) is 29.0 Å². The number of imidazole rings is 1. The van der Waals surface area contributed by atoms with Crippen LogP contribution in [0.1, 0.15) is 18.5 Å². The van der Waals surface area contributed by atoms with E-state index in [1.165, 1.54) is 6.20 Å². The Morgan fingerprint density at radius 1 is 1.21 bits per heavy atom. The third-order valence-electron chi connectivity index (χ3n) is 4.26. The average Bonchev–Trinajstić information content (AvgIpc) is 3.08. The number of aromatic nitrogens is 5. The fourth-order valence-electron chi connectivity index (χ4n) is 2.91. The van der Waals surface area contributed by atoms with Crippen molar-refractivity contribution in [2.45, 2.75) is 13.0 Å². The number of anilines is 2. The molecular formula is C19H15ClN8. The van der Waals surface area contributed by atoms with E-state index in [-0.39, 0.29) is 12.0 Å². The fraction of sp³-hybridized carbons (Fsp3) is 0.105. The van der Waals surface area contributed by atoms with Crippen molar-refractivity contribution in [2.24, 2.45) is 0 Å². The van der Waals surface area contributed by atoms with Crippen LogP contribution in [-0.4, -0.2) is 24.6 Å². The van der Waals surface area contributed by atoms with Crippen LogP contribution in [-0.2, 0) is 0 Å². The van der Waals surface area contributed by atoms with Crippen LogP contribution in [0.2, 0.25) is 5.15 Å². The summed E-state index contributed by atoms with van der Waals surface area (Å²) in [6, 6.07) is 11.5. The first kappa shape index (κ1) is 17.7. The summed E-state index contributed by atoms with van der Waals surface area (Å²) in [5.74, 6) is 0.467. The molecule has 1 aromatic carbocycles. The van der Waals surface area contributed by atoms with Gasteiger partial charge in [0, 0.05) is 17.3 Å². The van der Waals surface area contributed by atoms with Crippen molar-refractivity contribution in [1.82, 2.24) is 24.6 Å². The van der Waals surface area contributed by atoms with Crippen LogP contribution < -0.4 is 11.1 Å². The van der Waals surface area contributed by atoms with Gasteiger partial charge in [0.15, 0.2) is 10.8 Å². The molecule has 0 saturated carbocycles. The molecule has 0 spiro atoms. The highest BCUT2D eigenvalue weighted by Crippen LogP contribution is 2.32. The molecule has 1 atom stereocenters. The maximum absolute atomic E-state index is 7.32. The second kappa shape index (κ2) is 7.13. The molecule has 0 saturated heterocycles. The Morgan fingerprint density at radius 3 is 2.75 bits per heavy atom. The van der Waals surface area contributed by atoms with Crippen LogP contribution >= 0.6 is 11.6 Å². The third kappa shape index (κ3) is 3.19. The topological polar surface area (TPSA) is 98.4 Å². The minimum Gasteiger partial charge on any atom is -0.372 e. The SMILES string of the molecule is [C-]#[N+]c1cnc(N)nc1N[C@@H](C)c1cc2ncc(Cl)n2nc1-c1ccccc1. The summed E-state index contributed by atoms with van der Waals surface area (Å²) in [4.78, 5) is 15.8. The zero-order chi connectivity index (χ0) is 19.7. The number of rotatable bonds is 4. The lowest BCUT2D eigenvalue weighted by atomic mass is 10.0. The second-order valence-electron chi connectivity index (χ2n) is 6.11. The van der Waals surface area contributed by atoms with E-state index in [9.17, 15) is 0 Å². The molecule has 0 aliphatic carbocycles. The molecule has 0 aliphatic heterocycles. The lowest BCUT2D eigenvalue weighted by molar-refractivity contribution is 0.842. The molecule has 0 amide bonds. The molecule has 9 heteroatoms. The first-order valence-corrected chi connectivity index (χ1v) is 8.80. The molecule has 4 aromatic rings. The van der Waals surface area contributed by atoms with Gasteiger partial charge in [0.25, 0.3) is 0 Å². The van der Waals surface area contributed by atoms with Gasteiger partial charge in [-0.1, -0.05) is 41.9 Å². The second-order valence-corrected chi connectivity index (χ2v) is 6.49. The number of nitrogens with zero attached hydrogens (tertiary/aromatic N) is 6. The molecular weight excluding hydrogens is 376 g/mol. The molecule has 0 fully saturated rings. The Bertz CT molecular complexity index is 1200. The maximum Gasteiger partial charge on any atom is 0.246 e. The van der Waals surface area contributed by atoms with Crippen LogP contribution in [0.15, 0.2) is 48.8 Å². The zero-order valence-electron chi connectivity index (χ0n) is 14.8. The van der Waals surface area contributed by atoms with Gasteiger partial charge < -0.3 is 11.1 Å². The number of benzene rings is 1. The Hall–Kier alpha value is -3.70. The number of halogens is 1. The van der Waals surface area contributed by atoms with E-state index >= 15 is 0 Å². The van der Waals surface area contributed by atoms with E-state index in [2.05, 4.69) is 25.1 Å². The van der Waals surface area contributed by atoms with E-state index in [1.54, 1.807) is 10.7 Å². The van der Waals surface area contributed by atoms with Crippen molar-refractivity contribution < 1.29 is 0 Å². The molecule has 0 bridgehead atoms. The first-order chi connectivity index (χ1) is 13.6. The molecule has 0 radical (unpaired) electrons. The van der Waals surface area contributed by atoms with E-state index in [0.717, 1.165) is 16.8 Å². The van der Waals surface area contributed by atoms with Crippen LogP contribution in [0.25, 0.3) is 21.7 Å². The van der Waals surface area contributed by atoms with Crippen molar-refractivity contribution >= 4 is 34.7 Å². The van der Waals surface area contributed by atoms with Crippen molar-refractivity contribution in [1.29, 1.82) is 0 Å². The quantitative estimate of drug-likeness (QED) is 0.508. The monoisotopic (exact) mass is 390 g/mol. The molecule has 3 heterocycles. The van der Waals surface area contributed by atoms with Crippen molar-refractivity contribution in [3.8, 4) is 11.3 Å². The van der Waals surface area contributed by atoms with Crippen LogP contribution in [0, 0.1) is 6.57 Å². The predicted molar refractivity (Wildman–Crippen MR) is 108 cm³/mol. The smallest absolute Gasteiger partial charge is 0.246 e. The van der Waals surface area contributed by atoms with Gasteiger partial charge in [-0.05, 0) is 13.0 Å². The average molecular weight is 391 g/mol. The van der Waals surface area contributed by atoms with Crippen molar-refractivity contribution in [3.63, 3.8) is 0 Å². The van der Waals surface area contributed by atoms with Crippen LogP contribution in [0.4, 0.5) is 17.5 Å². The summed E-state index contributed by atoms with van der Waals surface area (Å²) in [5.41, 5.74) is 9.18. The Morgan fingerprint density at radius 2 is 2.00 bits per heavy atom. The van der Waals surface area contributed by atoms with Gasteiger partial charge in [-0.3, -0.25) is 0 Å². The predicted octanol–water partition coefficient (Wildman–Crippen LogP) is 4.15. The molecule has 0 unspecified atom stereocenters. The summed E-state index contributed by atoms with van der Waals surface area (Å²) < 4.78 is 1.59. The molecule has 28 heavy (non-hydrogen) atoms. The van der Waals surface area contributed by atoms with Gasteiger partial charge in [-0.25, -0.2) is 24.3 Å². The summed E-state index contributed by atoms with van der Waals surface area (Å²) in [7, 11) is 0. The number of hydrogen-bond donors (Lipinski definition) is 2. The molecule has 3 aromatic heterocycles. The highest BCUT2D eigenvalue weighted by atomic mass is 35.5. The summed E-state index contributed by atoms with van der Waals surface area (Å²) >= 11 is 6.21. The van der Waals surface area contributed by atoms with Crippen LogP contribution in [0.3, 0.4) is 0 Å². The lowest BCUT2D eigenvalue weighted by Gasteiger charge is -2.19. The summed E-state index contributed by atoms with van der Waals surface area (Å²) in [6.45, 7) is 9.27. The number of hydrogen-bond acceptors (Lipinski definition) is 6. The Labute approximate surface area is 165 Å². The normalized spacial score (nSPS) is 11.9. The molecule has 138 valence electrons. The van der Waals surface area contributed by atoms with Gasteiger partial charge in [-0.15, -0.1) is 0 Å². The van der Waals surface area contributed by atoms with Crippen LogP contribution in [0.5, 0.6) is 0 Å². The van der Waals surface area contributed by atoms with Crippen molar-refractivity contribution in [3.05, 3.63) is 70.9 Å². The molecule has 3 N–H and O–H groups in total. The Kier molecular flexibility index (Phi) is 4.51. The lowest BCUT2D eigenvalue weighted by Crippen LogP contribution is -2.12. The third-order valence-corrected chi connectivity index (χ3v) is 4.51. The van der Waals surface area contributed by atoms with Gasteiger partial charge in [-0.2, -0.15) is 5.10 Å². The van der Waals surface area contributed by atoms with Crippen molar-refractivity contribution in [2.75, 3.05) is 11.1 Å². The number of fused-ring (bicyclic) bond motifs is 1. The number of nitrogen functional groups attached to an aromatic ring is 1. The van der Waals surface area contributed by atoms with E-state index < -0.39 is 0 Å². The fourth-order valence-corrected chi connectivity index (χ4v) is 3.08. The largest absolute Gasteiger partial charge is 0.372 e. The Balaban J connectivity index is 1.83. The van der Waals surface area contributed by atoms with Gasteiger partial charge in [0.05, 0.1) is 24.5 Å². The van der Waals surface area contributed by atoms with E-state index in [1.807, 2.05) is 43.3 Å². The zero-order valence-corrected chi connectivity index (χ0v) is 15.6. The summed E-state index contributed by atoms with van der Waals surface area (Å²) in [5, 5.41) is 8.37. The highest BCUT2D eigenvalue weighted by molar-refractivity contribution is 6.29.